The third kappa shape index (κ3) is 2.49. The van der Waals surface area contributed by atoms with Crippen LogP contribution in [0.3, 0.4) is 0 Å². The van der Waals surface area contributed by atoms with Gasteiger partial charge in [-0.05, 0) is 26.8 Å². The molecule has 1 aliphatic heterocycles. The summed E-state index contributed by atoms with van der Waals surface area (Å²) >= 11 is 0. The molecule has 0 fully saturated rings. The molecule has 5 nitrogen and oxygen atoms in total. The van der Waals surface area contributed by atoms with Crippen LogP contribution < -0.4 is 0 Å². The number of amides is 1. The zero-order chi connectivity index (χ0) is 12.6. The second-order valence-corrected chi connectivity index (χ2v) is 5.13. The maximum atomic E-state index is 11.8. The lowest BCUT2D eigenvalue weighted by Gasteiger charge is -2.29. The molecule has 0 spiro atoms. The topological polar surface area (TPSA) is 62.4 Å². The first kappa shape index (κ1) is 11.7. The number of ketones is 1. The van der Waals surface area contributed by atoms with Crippen LogP contribution in [0.1, 0.15) is 36.8 Å². The van der Waals surface area contributed by atoms with Gasteiger partial charge in [-0.2, -0.15) is 0 Å². The van der Waals surface area contributed by atoms with E-state index in [9.17, 15) is 9.59 Å². The van der Waals surface area contributed by atoms with Gasteiger partial charge in [0.05, 0.1) is 13.1 Å². The Balaban J connectivity index is 2.12. The maximum Gasteiger partial charge on any atom is 0.411 e. The fraction of sp³-hybridized carbons (Fsp3) is 0.500. The number of nitrogens with one attached hydrogen (secondary N) is 1. The lowest BCUT2D eigenvalue weighted by Crippen LogP contribution is -2.42. The van der Waals surface area contributed by atoms with E-state index in [-0.39, 0.29) is 12.3 Å². The predicted octanol–water partition coefficient (Wildman–Crippen LogP) is 1.95. The van der Waals surface area contributed by atoms with Crippen molar-refractivity contribution in [3.8, 4) is 0 Å². The average molecular weight is 236 g/mol. The lowest BCUT2D eigenvalue weighted by molar-refractivity contribution is 0.0218. The van der Waals surface area contributed by atoms with Crippen LogP contribution in [0, 0.1) is 0 Å². The van der Waals surface area contributed by atoms with Crippen LogP contribution in [0.5, 0.6) is 0 Å². The van der Waals surface area contributed by atoms with E-state index in [1.807, 2.05) is 0 Å². The van der Waals surface area contributed by atoms with Crippen LogP contribution in [-0.4, -0.2) is 33.9 Å². The van der Waals surface area contributed by atoms with Crippen molar-refractivity contribution in [1.29, 1.82) is 0 Å². The van der Waals surface area contributed by atoms with Gasteiger partial charge in [-0.15, -0.1) is 0 Å². The molecule has 0 saturated carbocycles. The molecule has 1 N–H and O–H groups in total. The number of rotatable bonds is 0. The van der Waals surface area contributed by atoms with Crippen LogP contribution in [-0.2, 0) is 11.3 Å². The van der Waals surface area contributed by atoms with E-state index in [2.05, 4.69) is 4.98 Å². The molecule has 92 valence electrons. The van der Waals surface area contributed by atoms with Gasteiger partial charge in [0.1, 0.15) is 5.60 Å². The van der Waals surface area contributed by atoms with Gasteiger partial charge in [-0.25, -0.2) is 4.79 Å². The van der Waals surface area contributed by atoms with Gasteiger partial charge in [0.2, 0.25) is 0 Å². The van der Waals surface area contributed by atoms with Crippen molar-refractivity contribution >= 4 is 11.9 Å². The number of carbonyl (C=O) groups excluding carboxylic acids is 2. The normalized spacial score (nSPS) is 15.7. The third-order valence-electron chi connectivity index (χ3n) is 2.47. The van der Waals surface area contributed by atoms with Crippen molar-refractivity contribution < 1.29 is 14.3 Å². The van der Waals surface area contributed by atoms with E-state index in [0.29, 0.717) is 12.1 Å². The fourth-order valence-corrected chi connectivity index (χ4v) is 1.76. The van der Waals surface area contributed by atoms with Gasteiger partial charge in [0.25, 0.3) is 0 Å². The average Bonchev–Trinajstić information content (AvgIpc) is 2.63. The molecule has 0 bridgehead atoms. The Morgan fingerprint density at radius 3 is 2.76 bits per heavy atom. The molecular weight excluding hydrogens is 220 g/mol. The van der Waals surface area contributed by atoms with Crippen LogP contribution in [0.2, 0.25) is 0 Å². The van der Waals surface area contributed by atoms with E-state index < -0.39 is 11.7 Å². The fourth-order valence-electron chi connectivity index (χ4n) is 1.76. The number of aromatic nitrogens is 1. The quantitative estimate of drug-likeness (QED) is 0.748. The van der Waals surface area contributed by atoms with Crippen molar-refractivity contribution in [3.05, 3.63) is 23.5 Å². The largest absolute Gasteiger partial charge is 0.444 e. The number of carbonyl (C=O) groups is 2. The third-order valence-corrected chi connectivity index (χ3v) is 2.47. The van der Waals surface area contributed by atoms with Gasteiger partial charge in [0.15, 0.2) is 5.78 Å². The van der Waals surface area contributed by atoms with Gasteiger partial charge < -0.3 is 9.72 Å². The number of hydrogen-bond donors (Lipinski definition) is 1. The Labute approximate surface area is 99.8 Å². The summed E-state index contributed by atoms with van der Waals surface area (Å²) in [5.74, 6) is -0.0571. The number of Topliss-reactive ketones (excluding diaryl/α,β-unsaturated/α-hetero) is 1. The molecule has 2 heterocycles. The zero-order valence-corrected chi connectivity index (χ0v) is 10.2. The predicted molar refractivity (Wildman–Crippen MR) is 61.8 cm³/mol. The minimum atomic E-state index is -0.545. The summed E-state index contributed by atoms with van der Waals surface area (Å²) in [7, 11) is 0. The number of aromatic amines is 1. The van der Waals surface area contributed by atoms with E-state index >= 15 is 0 Å². The Kier molecular flexibility index (Phi) is 2.69. The molecular formula is C12H16N2O3. The Hall–Kier alpha value is -1.78. The molecule has 0 saturated heterocycles. The van der Waals surface area contributed by atoms with Crippen molar-refractivity contribution in [3.63, 3.8) is 0 Å². The summed E-state index contributed by atoms with van der Waals surface area (Å²) in [6.45, 7) is 5.88. The summed E-state index contributed by atoms with van der Waals surface area (Å²) < 4.78 is 5.24. The number of H-pyrrole nitrogens is 1. The summed E-state index contributed by atoms with van der Waals surface area (Å²) in [5, 5.41) is 0. The SMILES string of the molecule is CC(C)(C)OC(=O)N1CC(=O)c2cc[nH]c2C1. The standard InChI is InChI=1S/C12H16N2O3/c1-12(2,3)17-11(16)14-6-9-8(4-5-13-9)10(15)7-14/h4-5,13H,6-7H2,1-3H3. The second kappa shape index (κ2) is 3.91. The minimum absolute atomic E-state index is 0.0571. The second-order valence-electron chi connectivity index (χ2n) is 5.13. The van der Waals surface area contributed by atoms with Crippen molar-refractivity contribution in [2.75, 3.05) is 6.54 Å². The van der Waals surface area contributed by atoms with Crippen LogP contribution in [0.25, 0.3) is 0 Å². The maximum absolute atomic E-state index is 11.8. The van der Waals surface area contributed by atoms with E-state index in [0.717, 1.165) is 5.69 Å². The van der Waals surface area contributed by atoms with E-state index in [1.165, 1.54) is 4.90 Å². The Bertz CT molecular complexity index is 457. The molecule has 1 aromatic rings. The lowest BCUT2D eigenvalue weighted by atomic mass is 10.1. The molecule has 1 aromatic heterocycles. The minimum Gasteiger partial charge on any atom is -0.444 e. The molecule has 17 heavy (non-hydrogen) atoms. The van der Waals surface area contributed by atoms with Crippen molar-refractivity contribution in [2.45, 2.75) is 32.9 Å². The number of fused-ring (bicyclic) bond motifs is 1. The first-order valence-corrected chi connectivity index (χ1v) is 5.54. The number of nitrogens with zero attached hydrogens (tertiary/aromatic N) is 1. The summed E-state index contributed by atoms with van der Waals surface area (Å²) in [5.41, 5.74) is 0.896. The first-order valence-electron chi connectivity index (χ1n) is 5.54. The number of hydrogen-bond acceptors (Lipinski definition) is 3. The molecule has 0 aromatic carbocycles. The molecule has 0 unspecified atom stereocenters. The molecule has 0 aliphatic carbocycles. The number of ether oxygens (including phenoxy) is 1. The molecule has 0 atom stereocenters. The molecule has 2 rings (SSSR count). The van der Waals surface area contributed by atoms with Gasteiger partial charge in [0, 0.05) is 17.5 Å². The van der Waals surface area contributed by atoms with Crippen molar-refractivity contribution in [1.82, 2.24) is 9.88 Å². The zero-order valence-electron chi connectivity index (χ0n) is 10.2. The summed E-state index contributed by atoms with van der Waals surface area (Å²) in [6, 6.07) is 1.74. The van der Waals surface area contributed by atoms with Gasteiger partial charge >= 0.3 is 6.09 Å². The highest BCUT2D eigenvalue weighted by atomic mass is 16.6. The highest BCUT2D eigenvalue weighted by molar-refractivity contribution is 6.01. The molecule has 1 aliphatic rings. The van der Waals surface area contributed by atoms with Crippen LogP contribution in [0.4, 0.5) is 4.79 Å². The Morgan fingerprint density at radius 2 is 2.12 bits per heavy atom. The van der Waals surface area contributed by atoms with Crippen LogP contribution >= 0.6 is 0 Å². The molecule has 1 amide bonds. The molecule has 0 radical (unpaired) electrons. The monoisotopic (exact) mass is 236 g/mol. The van der Waals surface area contributed by atoms with E-state index in [4.69, 9.17) is 4.74 Å². The summed E-state index contributed by atoms with van der Waals surface area (Å²) in [4.78, 5) is 28.0. The van der Waals surface area contributed by atoms with Crippen LogP contribution in [0.15, 0.2) is 12.3 Å². The highest BCUT2D eigenvalue weighted by Crippen LogP contribution is 2.19. The summed E-state index contributed by atoms with van der Waals surface area (Å²) in [6.07, 6.45) is 1.26. The van der Waals surface area contributed by atoms with Gasteiger partial charge in [-0.3, -0.25) is 9.69 Å². The highest BCUT2D eigenvalue weighted by Gasteiger charge is 2.30. The molecule has 5 heteroatoms. The Morgan fingerprint density at radius 1 is 1.41 bits per heavy atom. The first-order chi connectivity index (χ1) is 7.87. The van der Waals surface area contributed by atoms with E-state index in [1.54, 1.807) is 33.0 Å². The van der Waals surface area contributed by atoms with Crippen molar-refractivity contribution in [2.24, 2.45) is 0 Å². The smallest absolute Gasteiger partial charge is 0.411 e. The van der Waals surface area contributed by atoms with Gasteiger partial charge in [-0.1, -0.05) is 0 Å².